The molecule has 0 radical (unpaired) electrons. The zero-order valence-corrected chi connectivity index (χ0v) is 9.90. The molecule has 2 rings (SSSR count). The van der Waals surface area contributed by atoms with Crippen molar-refractivity contribution in [2.45, 2.75) is 25.8 Å². The summed E-state index contributed by atoms with van der Waals surface area (Å²) in [5.74, 6) is -0.216. The van der Waals surface area contributed by atoms with E-state index in [0.29, 0.717) is 12.2 Å². The van der Waals surface area contributed by atoms with Gasteiger partial charge in [0.25, 0.3) is 5.91 Å². The maximum Gasteiger partial charge on any atom is 0.255 e. The summed E-state index contributed by atoms with van der Waals surface area (Å²) in [6, 6.07) is 5.06. The van der Waals surface area contributed by atoms with Gasteiger partial charge in [-0.2, -0.15) is 0 Å². The van der Waals surface area contributed by atoms with Crippen LogP contribution in [0.15, 0.2) is 18.2 Å². The van der Waals surface area contributed by atoms with E-state index in [1.807, 2.05) is 6.92 Å². The van der Waals surface area contributed by atoms with Crippen molar-refractivity contribution < 1.29 is 14.6 Å². The molecule has 1 atom stereocenters. The first kappa shape index (κ1) is 11.9. The first-order valence-electron chi connectivity index (χ1n) is 5.85. The summed E-state index contributed by atoms with van der Waals surface area (Å²) < 4.78 is 5.30. The van der Waals surface area contributed by atoms with Crippen LogP contribution >= 0.6 is 0 Å². The Hall–Kier alpha value is -1.55. The van der Waals surface area contributed by atoms with Crippen LogP contribution in [0.2, 0.25) is 0 Å². The molecular formula is C13H17NO3. The highest BCUT2D eigenvalue weighted by molar-refractivity contribution is 5.97. The van der Waals surface area contributed by atoms with E-state index in [-0.39, 0.29) is 17.7 Å². The topological polar surface area (TPSA) is 58.6 Å². The number of amides is 1. The van der Waals surface area contributed by atoms with E-state index in [1.54, 1.807) is 18.2 Å². The van der Waals surface area contributed by atoms with Crippen molar-refractivity contribution in [3.05, 3.63) is 29.3 Å². The number of ether oxygens (including phenoxy) is 1. The zero-order valence-electron chi connectivity index (χ0n) is 9.90. The highest BCUT2D eigenvalue weighted by Gasteiger charge is 2.18. The predicted octanol–water partition coefficient (Wildman–Crippen LogP) is 1.61. The Morgan fingerprint density at radius 2 is 2.35 bits per heavy atom. The number of hydrogen-bond acceptors (Lipinski definition) is 3. The number of hydrogen-bond donors (Lipinski definition) is 2. The van der Waals surface area contributed by atoms with E-state index in [9.17, 15) is 9.90 Å². The number of carbonyl (C=O) groups is 1. The fraction of sp³-hybridized carbons (Fsp3) is 0.462. The number of phenols is 1. The van der Waals surface area contributed by atoms with Crippen LogP contribution in [0.25, 0.3) is 0 Å². The maximum absolute atomic E-state index is 12.0. The Morgan fingerprint density at radius 1 is 1.53 bits per heavy atom. The number of benzene rings is 1. The Balaban J connectivity index is 2.05. The molecule has 4 nitrogen and oxygen atoms in total. The van der Waals surface area contributed by atoms with Gasteiger partial charge >= 0.3 is 0 Å². The van der Waals surface area contributed by atoms with E-state index in [4.69, 9.17) is 4.74 Å². The summed E-state index contributed by atoms with van der Waals surface area (Å²) in [6.45, 7) is 3.21. The van der Waals surface area contributed by atoms with E-state index < -0.39 is 0 Å². The largest absolute Gasteiger partial charge is 0.507 e. The normalized spacial score (nSPS) is 19.9. The van der Waals surface area contributed by atoms with Crippen LogP contribution in [0.3, 0.4) is 0 Å². The first-order chi connectivity index (χ1) is 8.16. The minimum Gasteiger partial charge on any atom is -0.507 e. The summed E-state index contributed by atoms with van der Waals surface area (Å²) in [6.07, 6.45) is 1.89. The van der Waals surface area contributed by atoms with Gasteiger partial charge in [0, 0.05) is 6.61 Å². The number of nitrogens with one attached hydrogen (secondary N) is 1. The van der Waals surface area contributed by atoms with Crippen LogP contribution < -0.4 is 5.32 Å². The van der Waals surface area contributed by atoms with Gasteiger partial charge in [0.15, 0.2) is 0 Å². The van der Waals surface area contributed by atoms with Gasteiger partial charge in [-0.1, -0.05) is 11.6 Å². The molecule has 17 heavy (non-hydrogen) atoms. The number of aryl methyl sites for hydroxylation is 1. The molecule has 1 saturated heterocycles. The molecule has 1 aliphatic rings. The van der Waals surface area contributed by atoms with Crippen molar-refractivity contribution >= 4 is 5.91 Å². The molecule has 1 unspecified atom stereocenters. The molecule has 0 saturated carbocycles. The lowest BCUT2D eigenvalue weighted by Gasteiger charge is -2.23. The van der Waals surface area contributed by atoms with E-state index >= 15 is 0 Å². The van der Waals surface area contributed by atoms with Gasteiger partial charge in [-0.05, 0) is 31.9 Å². The number of aromatic hydroxyl groups is 1. The quantitative estimate of drug-likeness (QED) is 0.818. The van der Waals surface area contributed by atoms with Crippen molar-refractivity contribution in [3.63, 3.8) is 0 Å². The summed E-state index contributed by atoms with van der Waals surface area (Å²) in [7, 11) is 0. The van der Waals surface area contributed by atoms with Crippen LogP contribution in [0.4, 0.5) is 0 Å². The Bertz CT molecular complexity index is 411. The van der Waals surface area contributed by atoms with Crippen molar-refractivity contribution in [1.29, 1.82) is 0 Å². The van der Waals surface area contributed by atoms with Gasteiger partial charge in [-0.25, -0.2) is 0 Å². The second kappa shape index (κ2) is 5.19. The van der Waals surface area contributed by atoms with E-state index in [1.165, 1.54) is 0 Å². The Labute approximate surface area is 101 Å². The SMILES string of the molecule is Cc1ccc(O)c(C(=O)NC2CCCOC2)c1. The molecule has 1 fully saturated rings. The van der Waals surface area contributed by atoms with Crippen LogP contribution in [0.5, 0.6) is 5.75 Å². The van der Waals surface area contributed by atoms with Crippen molar-refractivity contribution in [2.24, 2.45) is 0 Å². The van der Waals surface area contributed by atoms with Crippen LogP contribution in [0, 0.1) is 6.92 Å². The lowest BCUT2D eigenvalue weighted by Crippen LogP contribution is -2.40. The molecule has 1 aromatic rings. The highest BCUT2D eigenvalue weighted by Crippen LogP contribution is 2.18. The third-order valence-corrected chi connectivity index (χ3v) is 2.89. The molecule has 1 heterocycles. The highest BCUT2D eigenvalue weighted by atomic mass is 16.5. The van der Waals surface area contributed by atoms with E-state index in [2.05, 4.69) is 5.32 Å². The van der Waals surface area contributed by atoms with Gasteiger partial charge in [-0.15, -0.1) is 0 Å². The number of phenolic OH excluding ortho intramolecular Hbond substituents is 1. The molecule has 0 bridgehead atoms. The van der Waals surface area contributed by atoms with Crippen LogP contribution in [0.1, 0.15) is 28.8 Å². The minimum absolute atomic E-state index is 0.0184. The number of rotatable bonds is 2. The molecule has 4 heteroatoms. The molecule has 0 aliphatic carbocycles. The molecule has 0 aromatic heterocycles. The fourth-order valence-corrected chi connectivity index (χ4v) is 1.95. The third-order valence-electron chi connectivity index (χ3n) is 2.89. The summed E-state index contributed by atoms with van der Waals surface area (Å²) in [4.78, 5) is 12.0. The lowest BCUT2D eigenvalue weighted by atomic mass is 10.1. The standard InChI is InChI=1S/C13H17NO3/c1-9-4-5-12(15)11(7-9)13(16)14-10-3-2-6-17-8-10/h4-5,7,10,15H,2-3,6,8H2,1H3,(H,14,16). The smallest absolute Gasteiger partial charge is 0.255 e. The maximum atomic E-state index is 12.0. The van der Waals surface area contributed by atoms with Crippen LogP contribution in [-0.2, 0) is 4.74 Å². The second-order valence-electron chi connectivity index (χ2n) is 4.41. The fourth-order valence-electron chi connectivity index (χ4n) is 1.95. The Kier molecular flexibility index (Phi) is 3.64. The molecule has 1 amide bonds. The average Bonchev–Trinajstić information content (AvgIpc) is 2.33. The third kappa shape index (κ3) is 2.97. The van der Waals surface area contributed by atoms with Crippen molar-refractivity contribution in [2.75, 3.05) is 13.2 Å². The molecule has 1 aliphatic heterocycles. The minimum atomic E-state index is -0.235. The van der Waals surface area contributed by atoms with Gasteiger partial charge < -0.3 is 15.2 Å². The first-order valence-corrected chi connectivity index (χ1v) is 5.85. The second-order valence-corrected chi connectivity index (χ2v) is 4.41. The van der Waals surface area contributed by atoms with E-state index in [0.717, 1.165) is 25.0 Å². The van der Waals surface area contributed by atoms with Gasteiger partial charge in [0.1, 0.15) is 5.75 Å². The van der Waals surface area contributed by atoms with Gasteiger partial charge in [0.05, 0.1) is 18.2 Å². The number of carbonyl (C=O) groups excluding carboxylic acids is 1. The predicted molar refractivity (Wildman–Crippen MR) is 64.2 cm³/mol. The Morgan fingerprint density at radius 3 is 3.06 bits per heavy atom. The lowest BCUT2D eigenvalue weighted by molar-refractivity contribution is 0.0623. The summed E-state index contributed by atoms with van der Waals surface area (Å²) in [5, 5.41) is 12.5. The summed E-state index contributed by atoms with van der Waals surface area (Å²) >= 11 is 0. The average molecular weight is 235 g/mol. The van der Waals surface area contributed by atoms with Crippen molar-refractivity contribution in [1.82, 2.24) is 5.32 Å². The molecule has 0 spiro atoms. The summed E-state index contributed by atoms with van der Waals surface area (Å²) in [5.41, 5.74) is 1.28. The molecule has 2 N–H and O–H groups in total. The van der Waals surface area contributed by atoms with Crippen LogP contribution in [-0.4, -0.2) is 30.3 Å². The monoisotopic (exact) mass is 235 g/mol. The molecular weight excluding hydrogens is 218 g/mol. The zero-order chi connectivity index (χ0) is 12.3. The van der Waals surface area contributed by atoms with Gasteiger partial charge in [-0.3, -0.25) is 4.79 Å². The molecule has 92 valence electrons. The van der Waals surface area contributed by atoms with Crippen molar-refractivity contribution in [3.8, 4) is 5.75 Å². The van der Waals surface area contributed by atoms with Gasteiger partial charge in [0.2, 0.25) is 0 Å². The molecule has 1 aromatic carbocycles.